The molecule has 12 heteroatoms. The first-order valence-corrected chi connectivity index (χ1v) is 12.0. The van der Waals surface area contributed by atoms with E-state index in [0.717, 1.165) is 12.1 Å². The molecule has 4 atom stereocenters. The summed E-state index contributed by atoms with van der Waals surface area (Å²) in [7, 11) is 0. The number of nitrogens with zero attached hydrogens (tertiary/aromatic N) is 2. The molecular formula is C24H36F2N6O4. The van der Waals surface area contributed by atoms with Crippen molar-refractivity contribution in [2.45, 2.75) is 63.9 Å². The maximum absolute atomic E-state index is 13.4. The number of aliphatic imine (C=N–C) groups is 1. The lowest BCUT2D eigenvalue weighted by Gasteiger charge is -2.34. The Hall–Kier alpha value is -3.12. The number of nitrogens with one attached hydrogen (secondary N) is 2. The second kappa shape index (κ2) is 13.8. The van der Waals surface area contributed by atoms with E-state index in [9.17, 15) is 28.3 Å². The standard InChI is InChI=1S/C24H36F2N6O4/c1-14(2)20(31-21(34)15-7-9-16(26)10-8-15)23(36)32-12-4-6-18(32)22(35)30-17(19(33)13-25)5-3-11-29-24(27)28/h7-10,14,17-18,20,22,30,35H,3-6,11-13H2,1-2H3,(H,31,34)(H4,27,28,29)/t17-,18+,20+,22?/m1/s1. The van der Waals surface area contributed by atoms with Gasteiger partial charge in [0.05, 0.1) is 12.1 Å². The van der Waals surface area contributed by atoms with Crippen molar-refractivity contribution in [2.75, 3.05) is 19.8 Å². The average molecular weight is 511 g/mol. The Morgan fingerprint density at radius 2 is 1.89 bits per heavy atom. The third kappa shape index (κ3) is 8.23. The first kappa shape index (κ1) is 29.1. The van der Waals surface area contributed by atoms with Gasteiger partial charge < -0.3 is 26.8 Å². The van der Waals surface area contributed by atoms with E-state index in [1.165, 1.54) is 17.0 Å². The summed E-state index contributed by atoms with van der Waals surface area (Å²) in [6.07, 6.45) is 0.353. The highest BCUT2D eigenvalue weighted by Gasteiger charge is 2.39. The molecular weight excluding hydrogens is 474 g/mol. The molecule has 1 aromatic rings. The molecule has 0 spiro atoms. The number of Topliss-reactive ketones (excluding diaryl/α,β-unsaturated/α-hetero) is 1. The average Bonchev–Trinajstić information content (AvgIpc) is 3.33. The molecule has 36 heavy (non-hydrogen) atoms. The number of alkyl halides is 1. The van der Waals surface area contributed by atoms with Gasteiger partial charge in [-0.15, -0.1) is 0 Å². The number of carbonyl (C=O) groups is 3. The zero-order valence-corrected chi connectivity index (χ0v) is 20.6. The summed E-state index contributed by atoms with van der Waals surface area (Å²) in [6, 6.07) is 2.43. The number of rotatable bonds is 13. The van der Waals surface area contributed by atoms with Gasteiger partial charge in [0.1, 0.15) is 24.8 Å². The quantitative estimate of drug-likeness (QED) is 0.111. The minimum atomic E-state index is -1.29. The number of hydrogen-bond donors (Lipinski definition) is 5. The molecule has 1 aromatic carbocycles. The van der Waals surface area contributed by atoms with Crippen LogP contribution in [0.1, 0.15) is 49.9 Å². The van der Waals surface area contributed by atoms with Crippen LogP contribution in [-0.4, -0.2) is 77.7 Å². The van der Waals surface area contributed by atoms with Gasteiger partial charge in [0, 0.05) is 18.7 Å². The summed E-state index contributed by atoms with van der Waals surface area (Å²) in [4.78, 5) is 43.5. The zero-order chi connectivity index (χ0) is 26.8. The van der Waals surface area contributed by atoms with E-state index in [0.29, 0.717) is 25.8 Å². The van der Waals surface area contributed by atoms with E-state index in [1.54, 1.807) is 13.8 Å². The molecule has 1 unspecified atom stereocenters. The molecule has 2 amide bonds. The number of carbonyl (C=O) groups excluding carboxylic acids is 3. The van der Waals surface area contributed by atoms with Gasteiger partial charge in [-0.2, -0.15) is 0 Å². The number of amides is 2. The Labute approximate surface area is 209 Å². The third-order valence-electron chi connectivity index (χ3n) is 6.11. The normalized spacial score (nSPS) is 17.9. The molecule has 1 aliphatic rings. The Kier molecular flexibility index (Phi) is 11.2. The lowest BCUT2D eigenvalue weighted by atomic mass is 10.0. The predicted octanol–water partition coefficient (Wildman–Crippen LogP) is 0.440. The van der Waals surface area contributed by atoms with Crippen molar-refractivity contribution < 1.29 is 28.3 Å². The van der Waals surface area contributed by atoms with Gasteiger partial charge >= 0.3 is 0 Å². The summed E-state index contributed by atoms with van der Waals surface area (Å²) < 4.78 is 26.3. The van der Waals surface area contributed by atoms with Crippen LogP contribution in [0.3, 0.4) is 0 Å². The van der Waals surface area contributed by atoms with Crippen LogP contribution in [-0.2, 0) is 9.59 Å². The molecule has 200 valence electrons. The zero-order valence-electron chi connectivity index (χ0n) is 20.6. The van der Waals surface area contributed by atoms with Crippen LogP contribution in [0, 0.1) is 11.7 Å². The van der Waals surface area contributed by atoms with Crippen molar-refractivity contribution in [2.24, 2.45) is 22.4 Å². The largest absolute Gasteiger partial charge is 0.376 e. The van der Waals surface area contributed by atoms with Crippen LogP contribution in [0.4, 0.5) is 8.78 Å². The van der Waals surface area contributed by atoms with Crippen LogP contribution < -0.4 is 22.1 Å². The van der Waals surface area contributed by atoms with Gasteiger partial charge in [0.25, 0.3) is 5.91 Å². The Morgan fingerprint density at radius 3 is 2.47 bits per heavy atom. The summed E-state index contributed by atoms with van der Waals surface area (Å²) in [6.45, 7) is 2.95. The van der Waals surface area contributed by atoms with E-state index in [-0.39, 0.29) is 36.3 Å². The number of halogens is 2. The first-order valence-electron chi connectivity index (χ1n) is 12.0. The monoisotopic (exact) mass is 510 g/mol. The van der Waals surface area contributed by atoms with Crippen molar-refractivity contribution >= 4 is 23.6 Å². The molecule has 1 fully saturated rings. The predicted molar refractivity (Wildman–Crippen MR) is 131 cm³/mol. The van der Waals surface area contributed by atoms with Gasteiger partial charge in [0.15, 0.2) is 11.7 Å². The highest BCUT2D eigenvalue weighted by molar-refractivity contribution is 5.97. The molecule has 0 saturated carbocycles. The first-order chi connectivity index (χ1) is 17.0. The second-order valence-electron chi connectivity index (χ2n) is 9.16. The van der Waals surface area contributed by atoms with E-state index in [4.69, 9.17) is 11.5 Å². The topological polar surface area (TPSA) is 163 Å². The summed E-state index contributed by atoms with van der Waals surface area (Å²) in [5.74, 6) is -2.48. The highest BCUT2D eigenvalue weighted by atomic mass is 19.1. The van der Waals surface area contributed by atoms with Crippen LogP contribution >= 0.6 is 0 Å². The number of aliphatic hydroxyl groups excluding tert-OH is 1. The van der Waals surface area contributed by atoms with Gasteiger partial charge in [-0.1, -0.05) is 13.8 Å². The highest BCUT2D eigenvalue weighted by Crippen LogP contribution is 2.23. The van der Waals surface area contributed by atoms with E-state index in [1.807, 2.05) is 0 Å². The number of aliphatic hydroxyl groups is 1. The Balaban J connectivity index is 2.08. The van der Waals surface area contributed by atoms with Crippen molar-refractivity contribution in [3.63, 3.8) is 0 Å². The van der Waals surface area contributed by atoms with Crippen molar-refractivity contribution in [3.8, 4) is 0 Å². The number of hydrogen-bond acceptors (Lipinski definition) is 6. The molecule has 0 aromatic heterocycles. The van der Waals surface area contributed by atoms with Crippen molar-refractivity contribution in [3.05, 3.63) is 35.6 Å². The van der Waals surface area contributed by atoms with E-state index in [2.05, 4.69) is 15.6 Å². The summed E-state index contributed by atoms with van der Waals surface area (Å²) in [5, 5.41) is 16.3. The molecule has 1 saturated heterocycles. The molecule has 0 radical (unpaired) electrons. The maximum Gasteiger partial charge on any atom is 0.251 e. The van der Waals surface area contributed by atoms with Gasteiger partial charge in [-0.05, 0) is 55.9 Å². The fourth-order valence-electron chi connectivity index (χ4n) is 4.16. The van der Waals surface area contributed by atoms with Crippen LogP contribution in [0.15, 0.2) is 29.3 Å². The third-order valence-corrected chi connectivity index (χ3v) is 6.11. The SMILES string of the molecule is CC(C)[C@H](NC(=O)c1ccc(F)cc1)C(=O)N1CCC[C@H]1C(O)N[C@H](CCCN=C(N)N)C(=O)CF. The van der Waals surface area contributed by atoms with Gasteiger partial charge in [-0.3, -0.25) is 24.7 Å². The number of likely N-dealkylation sites (tertiary alicyclic amines) is 1. The molecule has 7 N–H and O–H groups in total. The summed E-state index contributed by atoms with van der Waals surface area (Å²) >= 11 is 0. The summed E-state index contributed by atoms with van der Waals surface area (Å²) in [5.41, 5.74) is 10.8. The lowest BCUT2D eigenvalue weighted by Crippen LogP contribution is -2.58. The van der Waals surface area contributed by atoms with Crippen LogP contribution in [0.25, 0.3) is 0 Å². The fourth-order valence-corrected chi connectivity index (χ4v) is 4.16. The molecule has 10 nitrogen and oxygen atoms in total. The Morgan fingerprint density at radius 1 is 1.22 bits per heavy atom. The van der Waals surface area contributed by atoms with Crippen molar-refractivity contribution in [1.82, 2.24) is 15.5 Å². The number of nitrogens with two attached hydrogens (primary N) is 2. The Bertz CT molecular complexity index is 924. The maximum atomic E-state index is 13.4. The van der Waals surface area contributed by atoms with Gasteiger partial charge in [0.2, 0.25) is 5.91 Å². The molecule has 1 aliphatic heterocycles. The van der Waals surface area contributed by atoms with E-state index >= 15 is 0 Å². The number of guanidine groups is 1. The van der Waals surface area contributed by atoms with Crippen LogP contribution in [0.2, 0.25) is 0 Å². The van der Waals surface area contributed by atoms with Crippen LogP contribution in [0.5, 0.6) is 0 Å². The minimum absolute atomic E-state index is 0.0947. The minimum Gasteiger partial charge on any atom is -0.376 e. The molecule has 1 heterocycles. The second-order valence-corrected chi connectivity index (χ2v) is 9.16. The lowest BCUT2D eigenvalue weighted by molar-refractivity contribution is -0.138. The number of ketones is 1. The van der Waals surface area contributed by atoms with Gasteiger partial charge in [-0.25, -0.2) is 8.78 Å². The number of benzene rings is 1. The van der Waals surface area contributed by atoms with E-state index < -0.39 is 48.5 Å². The molecule has 0 aliphatic carbocycles. The smallest absolute Gasteiger partial charge is 0.251 e. The van der Waals surface area contributed by atoms with Crippen molar-refractivity contribution in [1.29, 1.82) is 0 Å². The fraction of sp³-hybridized carbons (Fsp3) is 0.583. The molecule has 0 bridgehead atoms. The molecule has 2 rings (SSSR count).